The maximum atomic E-state index is 13.3. The van der Waals surface area contributed by atoms with Gasteiger partial charge >= 0.3 is 0 Å². The Bertz CT molecular complexity index is 1330. The van der Waals surface area contributed by atoms with E-state index in [9.17, 15) is 19.8 Å². The standard InChI is InChI=1S/C27H23NO6/c1-15-12-18-13-17(8-11-22(18)34-15)25(30)23-24(16-6-9-20(29)10-7-16)28(27(32)26(23)31)19-4-3-5-21(14-19)33-2/h3-11,13-15,24,29-30H,12H2,1-2H3/b25-23-. The number of ketones is 1. The average Bonchev–Trinajstić information content (AvgIpc) is 3.34. The van der Waals surface area contributed by atoms with Gasteiger partial charge in [-0.25, -0.2) is 0 Å². The third-order valence-corrected chi connectivity index (χ3v) is 6.15. The minimum atomic E-state index is -0.892. The Hall–Kier alpha value is -4.26. The number of carbonyl (C=O) groups excluding carboxylic acids is 2. The van der Waals surface area contributed by atoms with Gasteiger partial charge in [0.1, 0.15) is 29.1 Å². The van der Waals surface area contributed by atoms with Gasteiger partial charge in [0, 0.05) is 23.7 Å². The number of benzene rings is 3. The van der Waals surface area contributed by atoms with Gasteiger partial charge in [-0.3, -0.25) is 14.5 Å². The maximum absolute atomic E-state index is 13.3. The molecule has 1 fully saturated rings. The third-order valence-electron chi connectivity index (χ3n) is 6.15. The molecule has 7 heteroatoms. The van der Waals surface area contributed by atoms with Gasteiger partial charge in [-0.2, -0.15) is 0 Å². The monoisotopic (exact) mass is 457 g/mol. The predicted octanol–water partition coefficient (Wildman–Crippen LogP) is 4.35. The van der Waals surface area contributed by atoms with Crippen molar-refractivity contribution in [2.24, 2.45) is 0 Å². The minimum Gasteiger partial charge on any atom is -0.508 e. The fourth-order valence-corrected chi connectivity index (χ4v) is 4.56. The number of aliphatic hydroxyl groups is 1. The summed E-state index contributed by atoms with van der Waals surface area (Å²) in [4.78, 5) is 27.9. The topological polar surface area (TPSA) is 96.3 Å². The van der Waals surface area contributed by atoms with Crippen LogP contribution in [0, 0.1) is 0 Å². The number of hydrogen-bond acceptors (Lipinski definition) is 6. The maximum Gasteiger partial charge on any atom is 0.300 e. The molecule has 2 aliphatic rings. The van der Waals surface area contributed by atoms with Crippen molar-refractivity contribution in [2.75, 3.05) is 12.0 Å². The molecule has 0 spiro atoms. The van der Waals surface area contributed by atoms with E-state index in [1.54, 1.807) is 54.6 Å². The molecule has 34 heavy (non-hydrogen) atoms. The number of nitrogens with zero attached hydrogens (tertiary/aromatic N) is 1. The Labute approximate surface area is 196 Å². The number of fused-ring (bicyclic) bond motifs is 1. The Morgan fingerprint density at radius 3 is 2.56 bits per heavy atom. The molecule has 3 aromatic carbocycles. The van der Waals surface area contributed by atoms with Crippen molar-refractivity contribution < 1.29 is 29.3 Å². The van der Waals surface area contributed by atoms with Gasteiger partial charge in [-0.1, -0.05) is 18.2 Å². The molecule has 0 bridgehead atoms. The Kier molecular flexibility index (Phi) is 5.24. The van der Waals surface area contributed by atoms with Crippen molar-refractivity contribution in [1.82, 2.24) is 0 Å². The van der Waals surface area contributed by atoms with Crippen LogP contribution in [-0.4, -0.2) is 35.1 Å². The quantitative estimate of drug-likeness (QED) is 0.344. The van der Waals surface area contributed by atoms with Crippen molar-refractivity contribution >= 4 is 23.1 Å². The Morgan fingerprint density at radius 1 is 1.06 bits per heavy atom. The van der Waals surface area contributed by atoms with Gasteiger partial charge in [0.25, 0.3) is 11.7 Å². The number of aliphatic hydroxyl groups excluding tert-OH is 1. The second-order valence-electron chi connectivity index (χ2n) is 8.42. The minimum absolute atomic E-state index is 0.0228. The van der Waals surface area contributed by atoms with E-state index in [0.717, 1.165) is 11.3 Å². The normalized spacial score (nSPS) is 20.8. The lowest BCUT2D eigenvalue weighted by Gasteiger charge is -2.25. The number of Topliss-reactive ketones (excluding diaryl/α,β-unsaturated/α-hetero) is 1. The van der Waals surface area contributed by atoms with Crippen LogP contribution in [0.3, 0.4) is 0 Å². The van der Waals surface area contributed by atoms with Gasteiger partial charge in [0.15, 0.2) is 0 Å². The molecule has 5 rings (SSSR count). The van der Waals surface area contributed by atoms with Gasteiger partial charge in [-0.05, 0) is 60.5 Å². The number of phenolic OH excluding ortho intramolecular Hbond substituents is 1. The molecule has 1 saturated heterocycles. The number of phenols is 1. The Balaban J connectivity index is 1.69. The molecule has 0 aliphatic carbocycles. The highest BCUT2D eigenvalue weighted by Gasteiger charge is 2.47. The number of amides is 1. The van der Waals surface area contributed by atoms with Crippen LogP contribution in [0.4, 0.5) is 5.69 Å². The first-order valence-corrected chi connectivity index (χ1v) is 10.9. The molecule has 2 heterocycles. The summed E-state index contributed by atoms with van der Waals surface area (Å²) in [5.41, 5.74) is 2.36. The first-order chi connectivity index (χ1) is 16.4. The molecular formula is C27H23NO6. The summed E-state index contributed by atoms with van der Waals surface area (Å²) in [7, 11) is 1.52. The van der Waals surface area contributed by atoms with Crippen LogP contribution in [-0.2, 0) is 16.0 Å². The highest BCUT2D eigenvalue weighted by molar-refractivity contribution is 6.51. The molecule has 2 atom stereocenters. The van der Waals surface area contributed by atoms with Crippen molar-refractivity contribution in [1.29, 1.82) is 0 Å². The SMILES string of the molecule is COc1cccc(N2C(=O)C(=O)/C(=C(\O)c3ccc4c(c3)CC(C)O4)C2c2ccc(O)cc2)c1. The summed E-state index contributed by atoms with van der Waals surface area (Å²) in [5.74, 6) is -0.485. The van der Waals surface area contributed by atoms with Crippen LogP contribution in [0.1, 0.15) is 29.7 Å². The smallest absolute Gasteiger partial charge is 0.300 e. The van der Waals surface area contributed by atoms with Gasteiger partial charge in [0.2, 0.25) is 0 Å². The van der Waals surface area contributed by atoms with Crippen LogP contribution in [0.2, 0.25) is 0 Å². The van der Waals surface area contributed by atoms with Gasteiger partial charge in [-0.15, -0.1) is 0 Å². The average molecular weight is 457 g/mol. The van der Waals surface area contributed by atoms with Crippen molar-refractivity contribution in [3.63, 3.8) is 0 Å². The summed E-state index contributed by atoms with van der Waals surface area (Å²) in [6.07, 6.45) is 0.721. The summed E-state index contributed by atoms with van der Waals surface area (Å²) in [5, 5.41) is 21.1. The van der Waals surface area contributed by atoms with Gasteiger partial charge in [0.05, 0.1) is 18.7 Å². The Morgan fingerprint density at radius 2 is 1.82 bits per heavy atom. The van der Waals surface area contributed by atoms with Crippen LogP contribution in [0.15, 0.2) is 72.3 Å². The summed E-state index contributed by atoms with van der Waals surface area (Å²) >= 11 is 0. The van der Waals surface area contributed by atoms with E-state index in [1.807, 2.05) is 6.92 Å². The highest BCUT2D eigenvalue weighted by atomic mass is 16.5. The molecule has 0 aromatic heterocycles. The third kappa shape index (κ3) is 3.55. The number of carbonyl (C=O) groups is 2. The number of hydrogen-bond donors (Lipinski definition) is 2. The molecule has 1 amide bonds. The number of rotatable bonds is 4. The van der Waals surface area contributed by atoms with Crippen molar-refractivity contribution in [2.45, 2.75) is 25.5 Å². The molecule has 2 unspecified atom stereocenters. The molecular weight excluding hydrogens is 434 g/mol. The molecule has 2 N–H and O–H groups in total. The van der Waals surface area contributed by atoms with E-state index in [1.165, 1.54) is 24.1 Å². The highest BCUT2D eigenvalue weighted by Crippen LogP contribution is 2.43. The van der Waals surface area contributed by atoms with Crippen molar-refractivity contribution in [3.8, 4) is 17.2 Å². The van der Waals surface area contributed by atoms with E-state index in [-0.39, 0.29) is 23.2 Å². The lowest BCUT2D eigenvalue weighted by Crippen LogP contribution is -2.29. The van der Waals surface area contributed by atoms with E-state index >= 15 is 0 Å². The van der Waals surface area contributed by atoms with E-state index < -0.39 is 17.7 Å². The zero-order chi connectivity index (χ0) is 24.0. The lowest BCUT2D eigenvalue weighted by atomic mass is 9.94. The zero-order valence-corrected chi connectivity index (χ0v) is 18.7. The number of aromatic hydroxyl groups is 1. The largest absolute Gasteiger partial charge is 0.508 e. The number of anilines is 1. The molecule has 7 nitrogen and oxygen atoms in total. The zero-order valence-electron chi connectivity index (χ0n) is 18.7. The van der Waals surface area contributed by atoms with Crippen LogP contribution < -0.4 is 14.4 Å². The summed E-state index contributed by atoms with van der Waals surface area (Å²) < 4.78 is 11.0. The van der Waals surface area contributed by atoms with Gasteiger partial charge < -0.3 is 19.7 Å². The predicted molar refractivity (Wildman–Crippen MR) is 126 cm³/mol. The number of ether oxygens (including phenoxy) is 2. The summed E-state index contributed by atoms with van der Waals surface area (Å²) in [6, 6.07) is 17.4. The molecule has 0 saturated carbocycles. The first kappa shape index (κ1) is 21.6. The van der Waals surface area contributed by atoms with E-state index in [0.29, 0.717) is 29.0 Å². The molecule has 172 valence electrons. The fourth-order valence-electron chi connectivity index (χ4n) is 4.56. The lowest BCUT2D eigenvalue weighted by molar-refractivity contribution is -0.132. The van der Waals surface area contributed by atoms with Crippen LogP contribution >= 0.6 is 0 Å². The van der Waals surface area contributed by atoms with Crippen LogP contribution in [0.5, 0.6) is 17.2 Å². The second-order valence-corrected chi connectivity index (χ2v) is 8.42. The first-order valence-electron chi connectivity index (χ1n) is 10.9. The fraction of sp³-hybridized carbons (Fsp3) is 0.185. The van der Waals surface area contributed by atoms with E-state index in [2.05, 4.69) is 0 Å². The molecule has 0 radical (unpaired) electrons. The van der Waals surface area contributed by atoms with E-state index in [4.69, 9.17) is 9.47 Å². The second kappa shape index (κ2) is 8.26. The number of methoxy groups -OCH3 is 1. The molecule has 3 aromatic rings. The molecule has 2 aliphatic heterocycles. The summed E-state index contributed by atoms with van der Waals surface area (Å²) in [6.45, 7) is 1.96. The van der Waals surface area contributed by atoms with Crippen LogP contribution in [0.25, 0.3) is 5.76 Å². The van der Waals surface area contributed by atoms with Crippen molar-refractivity contribution in [3.05, 3.63) is 89.0 Å².